The lowest BCUT2D eigenvalue weighted by molar-refractivity contribution is -0.172. The third-order valence-corrected chi connectivity index (χ3v) is 6.48. The minimum atomic E-state index is -1.85. The summed E-state index contributed by atoms with van der Waals surface area (Å²) in [6.07, 6.45) is 3.06. The molecule has 176 valence electrons. The highest BCUT2D eigenvalue weighted by Gasteiger charge is 2.45. The first-order chi connectivity index (χ1) is 16.5. The number of aliphatic hydroxyl groups is 2. The normalized spacial score (nSPS) is 18.6. The number of ether oxygens (including phenoxy) is 1. The van der Waals surface area contributed by atoms with Gasteiger partial charge in [-0.1, -0.05) is 30.3 Å². The number of oxime groups is 1. The summed E-state index contributed by atoms with van der Waals surface area (Å²) in [5.41, 5.74) is 2.00. The van der Waals surface area contributed by atoms with E-state index < -0.39 is 11.6 Å². The summed E-state index contributed by atoms with van der Waals surface area (Å²) in [5.74, 6) is -0.742. The maximum absolute atomic E-state index is 13.3. The molecule has 1 atom stereocenters. The average molecular weight is 463 g/mol. The van der Waals surface area contributed by atoms with Crippen molar-refractivity contribution in [2.75, 3.05) is 13.2 Å². The standard InChI is InChI=1S/C25H25N3O6/c1-2-25(32)19-11-20-22-17(13-28(20)23(30)18(19)14-33-24(25)31)10-15-6-5-7-16(21(15)27-22)12-26-34-9-4-3-8-29/h5-7,10-12,29,32H,2-4,8-9,13-14H2,1H3/b26-12+/t25-/m0/s1. The van der Waals surface area contributed by atoms with Crippen LogP contribution in [0.4, 0.5) is 0 Å². The SMILES string of the molecule is CC[C@@]1(O)C(=O)OCc2c1cc1n(c2=O)Cc2cc3cccc(/C=N/OCCCCO)c3nc2-1. The Morgan fingerprint density at radius 2 is 2.15 bits per heavy atom. The second-order valence-electron chi connectivity index (χ2n) is 8.52. The van der Waals surface area contributed by atoms with Gasteiger partial charge in [-0.15, -0.1) is 0 Å². The highest BCUT2D eigenvalue weighted by atomic mass is 16.6. The number of carbonyl (C=O) groups is 1. The molecular formula is C25H25N3O6. The van der Waals surface area contributed by atoms with Gasteiger partial charge >= 0.3 is 5.97 Å². The molecule has 3 aromatic rings. The van der Waals surface area contributed by atoms with Crippen molar-refractivity contribution in [3.63, 3.8) is 0 Å². The summed E-state index contributed by atoms with van der Waals surface area (Å²) >= 11 is 0. The molecule has 5 rings (SSSR count). The molecule has 0 bridgehead atoms. The van der Waals surface area contributed by atoms with E-state index in [0.29, 0.717) is 54.0 Å². The third-order valence-electron chi connectivity index (χ3n) is 6.48. The van der Waals surface area contributed by atoms with Gasteiger partial charge in [0.2, 0.25) is 0 Å². The van der Waals surface area contributed by atoms with Gasteiger partial charge in [0.1, 0.15) is 13.2 Å². The maximum Gasteiger partial charge on any atom is 0.343 e. The van der Waals surface area contributed by atoms with E-state index in [2.05, 4.69) is 5.16 Å². The van der Waals surface area contributed by atoms with E-state index in [1.54, 1.807) is 23.8 Å². The number of rotatable bonds is 7. The Kier molecular flexibility index (Phi) is 5.66. The smallest absolute Gasteiger partial charge is 0.343 e. The number of aliphatic hydroxyl groups excluding tert-OH is 1. The van der Waals surface area contributed by atoms with Crippen molar-refractivity contribution >= 4 is 23.1 Å². The van der Waals surface area contributed by atoms with Crippen LogP contribution in [0.1, 0.15) is 48.4 Å². The van der Waals surface area contributed by atoms with E-state index in [9.17, 15) is 14.7 Å². The van der Waals surface area contributed by atoms with Crippen molar-refractivity contribution in [1.29, 1.82) is 0 Å². The number of unbranched alkanes of at least 4 members (excludes halogenated alkanes) is 1. The van der Waals surface area contributed by atoms with E-state index in [1.165, 1.54) is 0 Å². The molecule has 0 unspecified atom stereocenters. The molecule has 9 nitrogen and oxygen atoms in total. The first kappa shape index (κ1) is 22.2. The fourth-order valence-electron chi connectivity index (χ4n) is 4.56. The molecule has 2 aromatic heterocycles. The average Bonchev–Trinajstić information content (AvgIpc) is 3.20. The minimum Gasteiger partial charge on any atom is -0.458 e. The van der Waals surface area contributed by atoms with E-state index in [1.807, 2.05) is 24.3 Å². The van der Waals surface area contributed by atoms with E-state index >= 15 is 0 Å². The summed E-state index contributed by atoms with van der Waals surface area (Å²) in [7, 11) is 0. The maximum atomic E-state index is 13.3. The highest BCUT2D eigenvalue weighted by Crippen LogP contribution is 2.38. The van der Waals surface area contributed by atoms with Crippen LogP contribution in [0.3, 0.4) is 0 Å². The topological polar surface area (TPSA) is 123 Å². The molecule has 0 radical (unpaired) electrons. The fraction of sp³-hybridized carbons (Fsp3) is 0.360. The number of hydrogen-bond acceptors (Lipinski definition) is 8. The van der Waals surface area contributed by atoms with Crippen molar-refractivity contribution < 1.29 is 24.6 Å². The number of pyridine rings is 2. The molecule has 0 saturated heterocycles. The summed E-state index contributed by atoms with van der Waals surface area (Å²) in [6, 6.07) is 9.42. The van der Waals surface area contributed by atoms with Crippen LogP contribution in [0.5, 0.6) is 0 Å². The number of fused-ring (bicyclic) bond motifs is 5. The molecule has 0 fully saturated rings. The summed E-state index contributed by atoms with van der Waals surface area (Å²) < 4.78 is 6.73. The van der Waals surface area contributed by atoms with Gasteiger partial charge in [0.05, 0.1) is 35.2 Å². The Bertz CT molecular complexity index is 1380. The molecule has 2 N–H and O–H groups in total. The lowest BCUT2D eigenvalue weighted by Gasteiger charge is -2.31. The molecule has 9 heteroatoms. The predicted molar refractivity (Wildman–Crippen MR) is 124 cm³/mol. The van der Waals surface area contributed by atoms with Crippen LogP contribution in [-0.2, 0) is 33.1 Å². The van der Waals surface area contributed by atoms with E-state index in [0.717, 1.165) is 16.5 Å². The highest BCUT2D eigenvalue weighted by molar-refractivity contribution is 5.98. The number of hydrogen-bond donors (Lipinski definition) is 2. The monoisotopic (exact) mass is 463 g/mol. The molecule has 0 saturated carbocycles. The van der Waals surface area contributed by atoms with Gasteiger partial charge in [-0.2, -0.15) is 0 Å². The van der Waals surface area contributed by atoms with Gasteiger partial charge in [0.25, 0.3) is 5.56 Å². The van der Waals surface area contributed by atoms with E-state index in [-0.39, 0.29) is 25.2 Å². The van der Waals surface area contributed by atoms with Crippen molar-refractivity contribution in [2.24, 2.45) is 5.16 Å². The Morgan fingerprint density at radius 3 is 2.94 bits per heavy atom. The molecule has 2 aliphatic rings. The van der Waals surface area contributed by atoms with Crippen LogP contribution in [0.15, 0.2) is 40.3 Å². The number of carbonyl (C=O) groups excluding carboxylic acids is 1. The van der Waals surface area contributed by atoms with E-state index in [4.69, 9.17) is 19.7 Å². The molecule has 0 spiro atoms. The number of cyclic esters (lactones) is 1. The predicted octanol–water partition coefficient (Wildman–Crippen LogP) is 2.20. The zero-order chi connectivity index (χ0) is 23.9. The van der Waals surface area contributed by atoms with Gasteiger partial charge in [-0.05, 0) is 31.4 Å². The van der Waals surface area contributed by atoms with Gasteiger partial charge in [0.15, 0.2) is 5.60 Å². The zero-order valence-corrected chi connectivity index (χ0v) is 18.8. The number of para-hydroxylation sites is 1. The molecule has 1 aromatic carbocycles. The van der Waals surface area contributed by atoms with Crippen molar-refractivity contribution in [1.82, 2.24) is 9.55 Å². The largest absolute Gasteiger partial charge is 0.458 e. The van der Waals surface area contributed by atoms with Crippen LogP contribution in [-0.4, -0.2) is 45.2 Å². The fourth-order valence-corrected chi connectivity index (χ4v) is 4.56. The summed E-state index contributed by atoms with van der Waals surface area (Å²) in [6.45, 7) is 2.41. The number of aromatic nitrogens is 2. The number of nitrogens with zero attached hydrogens (tertiary/aromatic N) is 3. The summed E-state index contributed by atoms with van der Waals surface area (Å²) in [4.78, 5) is 35.8. The second-order valence-corrected chi connectivity index (χ2v) is 8.52. The molecule has 4 heterocycles. The van der Waals surface area contributed by atoms with Gasteiger partial charge in [-0.25, -0.2) is 9.78 Å². The van der Waals surface area contributed by atoms with Gasteiger partial charge in [-0.3, -0.25) is 4.79 Å². The number of benzene rings is 1. The van der Waals surface area contributed by atoms with Crippen molar-refractivity contribution in [2.45, 2.75) is 44.9 Å². The zero-order valence-electron chi connectivity index (χ0n) is 18.8. The Balaban J connectivity index is 1.58. The van der Waals surface area contributed by atoms with Crippen LogP contribution in [0, 0.1) is 0 Å². The van der Waals surface area contributed by atoms with Crippen molar-refractivity contribution in [3.8, 4) is 11.4 Å². The quantitative estimate of drug-likeness (QED) is 0.186. The van der Waals surface area contributed by atoms with Crippen LogP contribution in [0.2, 0.25) is 0 Å². The molecule has 2 aliphatic heterocycles. The first-order valence-electron chi connectivity index (χ1n) is 11.3. The minimum absolute atomic E-state index is 0.0959. The van der Waals surface area contributed by atoms with Crippen LogP contribution >= 0.6 is 0 Å². The van der Waals surface area contributed by atoms with Crippen LogP contribution < -0.4 is 5.56 Å². The lowest BCUT2D eigenvalue weighted by atomic mass is 9.86. The number of esters is 1. The van der Waals surface area contributed by atoms with Crippen LogP contribution in [0.25, 0.3) is 22.3 Å². The second kappa shape index (κ2) is 8.66. The lowest BCUT2D eigenvalue weighted by Crippen LogP contribution is -2.44. The third kappa shape index (κ3) is 3.48. The molecular weight excluding hydrogens is 438 g/mol. The summed E-state index contributed by atoms with van der Waals surface area (Å²) in [5, 5.41) is 24.8. The Morgan fingerprint density at radius 1 is 1.29 bits per heavy atom. The van der Waals surface area contributed by atoms with Gasteiger partial charge < -0.3 is 24.4 Å². The molecule has 34 heavy (non-hydrogen) atoms. The van der Waals surface area contributed by atoms with Gasteiger partial charge in [0, 0.05) is 28.7 Å². The van der Waals surface area contributed by atoms with Crippen molar-refractivity contribution in [3.05, 3.63) is 62.9 Å². The Hall–Kier alpha value is -3.56. The molecule has 0 aliphatic carbocycles. The first-order valence-corrected chi connectivity index (χ1v) is 11.3. The Labute approximate surface area is 195 Å². The molecule has 0 amide bonds.